The van der Waals surface area contributed by atoms with Crippen LogP contribution in [0.1, 0.15) is 10.9 Å². The lowest BCUT2D eigenvalue weighted by molar-refractivity contribution is -0.130. The van der Waals surface area contributed by atoms with Crippen LogP contribution in [0.2, 0.25) is 0 Å². The molecule has 0 unspecified atom stereocenters. The zero-order chi connectivity index (χ0) is 12.3. The Morgan fingerprint density at radius 3 is 2.62 bits per heavy atom. The Hall–Kier alpha value is -0.600. The summed E-state index contributed by atoms with van der Waals surface area (Å²) in [5.74, 6) is -0.835. The number of amides is 1. The lowest BCUT2D eigenvalue weighted by atomic mass is 10.2. The monoisotopic (exact) mass is 316 g/mol. The molecule has 3 N–H and O–H groups in total. The zero-order valence-corrected chi connectivity index (χ0v) is 10.2. The van der Waals surface area contributed by atoms with E-state index in [2.05, 4.69) is 21.2 Å². The summed E-state index contributed by atoms with van der Waals surface area (Å²) in [5.41, 5.74) is 5.03. The summed E-state index contributed by atoms with van der Waals surface area (Å²) in [6.07, 6.45) is -4.37. The third-order valence-corrected chi connectivity index (χ3v) is 3.42. The summed E-state index contributed by atoms with van der Waals surface area (Å²) in [7, 11) is 0. The average molecular weight is 317 g/mol. The van der Waals surface area contributed by atoms with Crippen LogP contribution >= 0.6 is 27.3 Å². The second-order valence-corrected chi connectivity index (χ2v) is 4.86. The van der Waals surface area contributed by atoms with E-state index >= 15 is 0 Å². The first-order chi connectivity index (χ1) is 7.29. The number of hydrogen-bond donors (Lipinski definition) is 2. The fourth-order valence-electron chi connectivity index (χ4n) is 1.04. The smallest absolute Gasteiger partial charge is 0.368 e. The highest BCUT2D eigenvalue weighted by Gasteiger charge is 2.30. The second kappa shape index (κ2) is 5.15. The van der Waals surface area contributed by atoms with Gasteiger partial charge in [0.25, 0.3) is 0 Å². The molecule has 0 saturated heterocycles. The fraction of sp³-hybridized carbons (Fsp3) is 0.375. The van der Waals surface area contributed by atoms with Crippen LogP contribution in [-0.2, 0) is 4.79 Å². The van der Waals surface area contributed by atoms with Gasteiger partial charge in [0.1, 0.15) is 6.04 Å². The summed E-state index contributed by atoms with van der Waals surface area (Å²) in [6.45, 7) is -1.25. The number of halogens is 4. The second-order valence-electron chi connectivity index (χ2n) is 3.00. The maximum Gasteiger partial charge on any atom is 0.401 e. The molecule has 90 valence electrons. The molecule has 1 heterocycles. The van der Waals surface area contributed by atoms with Gasteiger partial charge in [-0.25, -0.2) is 0 Å². The molecule has 3 nitrogen and oxygen atoms in total. The highest BCUT2D eigenvalue weighted by Crippen LogP contribution is 2.26. The van der Waals surface area contributed by atoms with Gasteiger partial charge in [-0.2, -0.15) is 13.2 Å². The first kappa shape index (κ1) is 13.5. The van der Waals surface area contributed by atoms with Gasteiger partial charge in [0, 0.05) is 14.7 Å². The number of nitrogens with one attached hydrogen (secondary N) is 1. The molecular weight excluding hydrogens is 309 g/mol. The van der Waals surface area contributed by atoms with Crippen molar-refractivity contribution < 1.29 is 18.0 Å². The van der Waals surface area contributed by atoms with Gasteiger partial charge in [-0.3, -0.25) is 10.1 Å². The van der Waals surface area contributed by atoms with E-state index in [1.165, 1.54) is 0 Å². The fourth-order valence-corrected chi connectivity index (χ4v) is 2.56. The third kappa shape index (κ3) is 4.11. The number of carbonyl (C=O) groups excluding carboxylic acids is 1. The number of alkyl halides is 3. The van der Waals surface area contributed by atoms with Gasteiger partial charge in [-0.05, 0) is 22.0 Å². The summed E-state index contributed by atoms with van der Waals surface area (Å²) >= 11 is 4.31. The molecular formula is C8H8BrF3N2OS. The van der Waals surface area contributed by atoms with Crippen LogP contribution < -0.4 is 11.1 Å². The van der Waals surface area contributed by atoms with Crippen molar-refractivity contribution in [1.82, 2.24) is 5.32 Å². The molecule has 1 aromatic heterocycles. The molecule has 0 aromatic carbocycles. The molecule has 1 atom stereocenters. The maximum absolute atomic E-state index is 12.0. The van der Waals surface area contributed by atoms with Crippen LogP contribution in [0.15, 0.2) is 15.9 Å². The Bertz CT molecular complexity index is 380. The van der Waals surface area contributed by atoms with Crippen LogP contribution in [0.3, 0.4) is 0 Å². The Labute approximate surface area is 102 Å². The Kier molecular flexibility index (Phi) is 4.34. The number of nitrogens with two attached hydrogens (primary N) is 1. The normalized spacial score (nSPS) is 13.8. The van der Waals surface area contributed by atoms with Crippen molar-refractivity contribution in [3.8, 4) is 0 Å². The lowest BCUT2D eigenvalue weighted by Crippen LogP contribution is -2.38. The summed E-state index contributed by atoms with van der Waals surface area (Å²) in [4.78, 5) is 11.5. The van der Waals surface area contributed by atoms with E-state index in [4.69, 9.17) is 5.73 Å². The van der Waals surface area contributed by atoms with E-state index in [1.54, 1.807) is 11.4 Å². The molecule has 1 amide bonds. The van der Waals surface area contributed by atoms with Crippen molar-refractivity contribution in [1.29, 1.82) is 0 Å². The SMILES string of the molecule is NC(=O)[C@H](NCC(F)(F)F)c1cc(Br)cs1. The minimum absolute atomic E-state index is 0.448. The van der Waals surface area contributed by atoms with Crippen molar-refractivity contribution in [3.05, 3.63) is 20.8 Å². The van der Waals surface area contributed by atoms with Gasteiger partial charge in [0.05, 0.1) is 6.54 Å². The van der Waals surface area contributed by atoms with Gasteiger partial charge >= 0.3 is 6.18 Å². The number of hydrogen-bond acceptors (Lipinski definition) is 3. The summed E-state index contributed by atoms with van der Waals surface area (Å²) < 4.78 is 36.6. The van der Waals surface area contributed by atoms with Crippen molar-refractivity contribution in [3.63, 3.8) is 0 Å². The highest BCUT2D eigenvalue weighted by atomic mass is 79.9. The van der Waals surface area contributed by atoms with Crippen LogP contribution in [0.4, 0.5) is 13.2 Å². The molecule has 0 aliphatic rings. The summed E-state index contributed by atoms with van der Waals surface area (Å²) in [6, 6.07) is 0.446. The van der Waals surface area contributed by atoms with E-state index in [-0.39, 0.29) is 0 Å². The molecule has 1 rings (SSSR count). The predicted molar refractivity (Wildman–Crippen MR) is 58.0 cm³/mol. The quantitative estimate of drug-likeness (QED) is 0.894. The van der Waals surface area contributed by atoms with E-state index in [1.807, 2.05) is 0 Å². The molecule has 0 aliphatic heterocycles. The highest BCUT2D eigenvalue weighted by molar-refractivity contribution is 9.10. The minimum atomic E-state index is -4.37. The molecule has 0 spiro atoms. The topological polar surface area (TPSA) is 55.1 Å². The predicted octanol–water partition coefficient (Wildman–Crippen LogP) is 2.19. The van der Waals surface area contributed by atoms with E-state index in [0.717, 1.165) is 11.3 Å². The molecule has 1 aromatic rings. The standard InChI is InChI=1S/C8H8BrF3N2OS/c9-4-1-5(16-2-4)6(7(13)15)14-3-8(10,11)12/h1-2,6,14H,3H2,(H2,13,15)/t6-/m1/s1. The van der Waals surface area contributed by atoms with Crippen molar-refractivity contribution in [2.45, 2.75) is 12.2 Å². The number of primary amides is 1. The molecule has 0 saturated carbocycles. The average Bonchev–Trinajstić information content (AvgIpc) is 2.49. The molecule has 0 aliphatic carbocycles. The molecule has 0 fully saturated rings. The first-order valence-corrected chi connectivity index (χ1v) is 5.80. The summed E-state index contributed by atoms with van der Waals surface area (Å²) in [5, 5.41) is 3.75. The van der Waals surface area contributed by atoms with Crippen molar-refractivity contribution in [2.75, 3.05) is 6.54 Å². The van der Waals surface area contributed by atoms with Gasteiger partial charge < -0.3 is 5.73 Å². The van der Waals surface area contributed by atoms with Crippen molar-refractivity contribution in [2.24, 2.45) is 5.73 Å². The van der Waals surface area contributed by atoms with Crippen LogP contribution in [0.25, 0.3) is 0 Å². The van der Waals surface area contributed by atoms with E-state index < -0.39 is 24.7 Å². The number of carbonyl (C=O) groups is 1. The maximum atomic E-state index is 12.0. The number of rotatable bonds is 4. The van der Waals surface area contributed by atoms with Crippen LogP contribution in [-0.4, -0.2) is 18.6 Å². The Morgan fingerprint density at radius 1 is 1.62 bits per heavy atom. The first-order valence-electron chi connectivity index (χ1n) is 4.13. The van der Waals surface area contributed by atoms with Crippen LogP contribution in [0.5, 0.6) is 0 Å². The van der Waals surface area contributed by atoms with Crippen LogP contribution in [0, 0.1) is 0 Å². The largest absolute Gasteiger partial charge is 0.401 e. The number of thiophene rings is 1. The van der Waals surface area contributed by atoms with E-state index in [0.29, 0.717) is 9.35 Å². The Balaban J connectivity index is 2.73. The third-order valence-electron chi connectivity index (χ3n) is 1.66. The van der Waals surface area contributed by atoms with Gasteiger partial charge in [0.2, 0.25) is 5.91 Å². The van der Waals surface area contributed by atoms with Gasteiger partial charge in [-0.15, -0.1) is 11.3 Å². The van der Waals surface area contributed by atoms with Gasteiger partial charge in [0.15, 0.2) is 0 Å². The van der Waals surface area contributed by atoms with E-state index in [9.17, 15) is 18.0 Å². The van der Waals surface area contributed by atoms with Crippen molar-refractivity contribution >= 4 is 33.2 Å². The van der Waals surface area contributed by atoms with Gasteiger partial charge in [-0.1, -0.05) is 0 Å². The zero-order valence-electron chi connectivity index (χ0n) is 7.84. The molecule has 16 heavy (non-hydrogen) atoms. The Morgan fingerprint density at radius 2 is 2.25 bits per heavy atom. The minimum Gasteiger partial charge on any atom is -0.368 e. The molecule has 8 heteroatoms. The molecule has 0 bridgehead atoms. The lowest BCUT2D eigenvalue weighted by Gasteiger charge is -2.15. The molecule has 0 radical (unpaired) electrons.